The van der Waals surface area contributed by atoms with E-state index in [1.54, 1.807) is 6.07 Å². The fraction of sp³-hybridized carbons (Fsp3) is 0.273. The minimum absolute atomic E-state index is 0.122. The van der Waals surface area contributed by atoms with Crippen molar-refractivity contribution >= 4 is 33.7 Å². The molecule has 1 rings (SSSR count). The topological polar surface area (TPSA) is 50.1 Å². The first-order chi connectivity index (χ1) is 8.78. The number of nitrogens with zero attached hydrogens (tertiary/aromatic N) is 1. The molecule has 0 heterocycles. The Hall–Kier alpha value is -1.20. The predicted molar refractivity (Wildman–Crippen MR) is 66.5 cm³/mol. The second kappa shape index (κ2) is 6.30. The summed E-state index contributed by atoms with van der Waals surface area (Å²) >= 11 is 2.68. The molecule has 0 amide bonds. The summed E-state index contributed by atoms with van der Waals surface area (Å²) in [5.41, 5.74) is -4.23. The van der Waals surface area contributed by atoms with Crippen LogP contribution in [0.1, 0.15) is 11.1 Å². The van der Waals surface area contributed by atoms with Crippen molar-refractivity contribution in [1.29, 1.82) is 5.26 Å². The molecule has 1 aromatic carbocycles. The minimum Gasteiger partial charge on any atom is -0.469 e. The van der Waals surface area contributed by atoms with Crippen LogP contribution in [0.25, 0.3) is 0 Å². The number of halogens is 4. The third-order valence-electron chi connectivity index (χ3n) is 2.08. The Kier molecular flexibility index (Phi) is 5.26. The van der Waals surface area contributed by atoms with Gasteiger partial charge in [-0.05, 0) is 39.3 Å². The summed E-state index contributed by atoms with van der Waals surface area (Å²) in [7, 11) is 1.20. The Morgan fingerprint density at radius 2 is 2.16 bits per heavy atom. The molecule has 0 aliphatic carbocycles. The van der Waals surface area contributed by atoms with E-state index in [4.69, 9.17) is 5.26 Å². The first kappa shape index (κ1) is 15.9. The van der Waals surface area contributed by atoms with Gasteiger partial charge in [-0.25, -0.2) is 0 Å². The van der Waals surface area contributed by atoms with Crippen LogP contribution in [0.3, 0.4) is 0 Å². The van der Waals surface area contributed by atoms with Gasteiger partial charge in [0, 0.05) is 9.37 Å². The Balaban J connectivity index is 3.17. The predicted octanol–water partition coefficient (Wildman–Crippen LogP) is 3.65. The molecule has 0 aromatic heterocycles. The molecule has 0 spiro atoms. The van der Waals surface area contributed by atoms with Gasteiger partial charge in [-0.2, -0.15) is 18.4 Å². The molecule has 0 unspecified atom stereocenters. The first-order valence-corrected chi connectivity index (χ1v) is 6.43. The summed E-state index contributed by atoms with van der Waals surface area (Å²) in [6.07, 6.45) is -0.122. The van der Waals surface area contributed by atoms with Gasteiger partial charge in [0.25, 0.3) is 0 Å². The molecule has 0 bridgehead atoms. The average molecular weight is 354 g/mol. The van der Waals surface area contributed by atoms with E-state index in [9.17, 15) is 18.0 Å². The third kappa shape index (κ3) is 4.44. The molecule has 0 atom stereocenters. The lowest BCUT2D eigenvalue weighted by Crippen LogP contribution is -2.06. The molecule has 0 N–H and O–H groups in total. The second-order valence-electron chi connectivity index (χ2n) is 3.32. The van der Waals surface area contributed by atoms with Gasteiger partial charge in [-0.1, -0.05) is 6.07 Å². The van der Waals surface area contributed by atoms with Crippen LogP contribution in [0.5, 0.6) is 0 Å². The molecule has 1 aromatic rings. The van der Waals surface area contributed by atoms with E-state index in [0.717, 1.165) is 0 Å². The van der Waals surface area contributed by atoms with Crippen LogP contribution in [0.15, 0.2) is 21.5 Å². The summed E-state index contributed by atoms with van der Waals surface area (Å²) in [6, 6.07) is 4.22. The first-order valence-electron chi connectivity index (χ1n) is 4.82. The summed E-state index contributed by atoms with van der Waals surface area (Å²) in [6.45, 7) is 0. The smallest absolute Gasteiger partial charge is 0.446 e. The van der Waals surface area contributed by atoms with E-state index in [2.05, 4.69) is 20.7 Å². The van der Waals surface area contributed by atoms with Crippen molar-refractivity contribution in [3.8, 4) is 6.07 Å². The molecular weight excluding hydrogens is 347 g/mol. The van der Waals surface area contributed by atoms with Crippen molar-refractivity contribution in [2.45, 2.75) is 16.8 Å². The molecular formula is C11H7BrF3NO2S. The lowest BCUT2D eigenvalue weighted by Gasteiger charge is -2.11. The van der Waals surface area contributed by atoms with Gasteiger partial charge in [0.2, 0.25) is 0 Å². The monoisotopic (exact) mass is 353 g/mol. The molecule has 0 fully saturated rings. The number of esters is 1. The maximum absolute atomic E-state index is 12.3. The number of benzene rings is 1. The number of hydrogen-bond acceptors (Lipinski definition) is 4. The lowest BCUT2D eigenvalue weighted by molar-refractivity contribution is -0.139. The highest BCUT2D eigenvalue weighted by Gasteiger charge is 2.31. The molecule has 0 aliphatic rings. The van der Waals surface area contributed by atoms with Crippen LogP contribution in [0.2, 0.25) is 0 Å². The Morgan fingerprint density at radius 3 is 2.63 bits per heavy atom. The number of nitriles is 1. The van der Waals surface area contributed by atoms with Crippen LogP contribution in [0.4, 0.5) is 13.2 Å². The molecule has 0 radical (unpaired) electrons. The summed E-state index contributed by atoms with van der Waals surface area (Å²) in [5, 5.41) is 8.94. The maximum Gasteiger partial charge on any atom is 0.446 e. The highest BCUT2D eigenvalue weighted by Crippen LogP contribution is 2.41. The van der Waals surface area contributed by atoms with E-state index >= 15 is 0 Å². The van der Waals surface area contributed by atoms with Crippen LogP contribution < -0.4 is 0 Å². The number of rotatable bonds is 3. The van der Waals surface area contributed by atoms with E-state index in [-0.39, 0.29) is 33.1 Å². The second-order valence-corrected chi connectivity index (χ2v) is 5.22. The fourth-order valence-electron chi connectivity index (χ4n) is 1.28. The zero-order chi connectivity index (χ0) is 14.6. The van der Waals surface area contributed by atoms with E-state index in [1.807, 2.05) is 0 Å². The van der Waals surface area contributed by atoms with Crippen LogP contribution in [-0.4, -0.2) is 18.6 Å². The zero-order valence-corrected chi connectivity index (χ0v) is 11.9. The minimum atomic E-state index is -4.48. The quantitative estimate of drug-likeness (QED) is 0.614. The van der Waals surface area contributed by atoms with Gasteiger partial charge >= 0.3 is 11.5 Å². The fourth-order valence-corrected chi connectivity index (χ4v) is 2.62. The van der Waals surface area contributed by atoms with Crippen LogP contribution in [-0.2, 0) is 16.0 Å². The summed E-state index contributed by atoms with van der Waals surface area (Å²) < 4.78 is 41.6. The molecule has 0 saturated carbocycles. The molecule has 3 nitrogen and oxygen atoms in total. The number of hydrogen-bond donors (Lipinski definition) is 0. The Labute approximate surface area is 119 Å². The molecule has 8 heteroatoms. The molecule has 19 heavy (non-hydrogen) atoms. The van der Waals surface area contributed by atoms with Crippen molar-refractivity contribution in [2.24, 2.45) is 0 Å². The summed E-state index contributed by atoms with van der Waals surface area (Å²) in [5.74, 6) is -0.541. The van der Waals surface area contributed by atoms with Gasteiger partial charge in [0.1, 0.15) is 6.07 Å². The number of methoxy groups -OCH3 is 1. The maximum atomic E-state index is 12.3. The van der Waals surface area contributed by atoms with Crippen molar-refractivity contribution in [3.63, 3.8) is 0 Å². The van der Waals surface area contributed by atoms with Crippen molar-refractivity contribution in [1.82, 2.24) is 0 Å². The molecule has 102 valence electrons. The number of thioether (sulfide) groups is 1. The highest BCUT2D eigenvalue weighted by molar-refractivity contribution is 9.10. The standard InChI is InChI=1S/C11H7BrF3NO2S/c1-18-9(17)4-6-2-3-8(19-11(13,14)15)7(5-16)10(6)12/h2-3H,4H2,1H3. The van der Waals surface area contributed by atoms with E-state index in [1.165, 1.54) is 19.2 Å². The number of carbonyl (C=O) groups is 1. The van der Waals surface area contributed by atoms with Gasteiger partial charge in [0.15, 0.2) is 0 Å². The largest absolute Gasteiger partial charge is 0.469 e. The third-order valence-corrected chi connectivity index (χ3v) is 3.78. The van der Waals surface area contributed by atoms with Gasteiger partial charge in [0.05, 0.1) is 19.1 Å². The normalized spacial score (nSPS) is 10.9. The van der Waals surface area contributed by atoms with E-state index < -0.39 is 11.5 Å². The molecule has 0 saturated heterocycles. The number of carbonyl (C=O) groups excluding carboxylic acids is 1. The summed E-state index contributed by atoms with van der Waals surface area (Å²) in [4.78, 5) is 10.9. The van der Waals surface area contributed by atoms with Crippen molar-refractivity contribution < 1.29 is 22.7 Å². The lowest BCUT2D eigenvalue weighted by atomic mass is 10.1. The number of alkyl halides is 3. The average Bonchev–Trinajstić information content (AvgIpc) is 2.31. The molecule has 0 aliphatic heterocycles. The highest BCUT2D eigenvalue weighted by atomic mass is 79.9. The number of ether oxygens (including phenoxy) is 1. The van der Waals surface area contributed by atoms with E-state index in [0.29, 0.717) is 5.56 Å². The van der Waals surface area contributed by atoms with Crippen LogP contribution in [0, 0.1) is 11.3 Å². The SMILES string of the molecule is COC(=O)Cc1ccc(SC(F)(F)F)c(C#N)c1Br. The van der Waals surface area contributed by atoms with Crippen LogP contribution >= 0.6 is 27.7 Å². The van der Waals surface area contributed by atoms with Gasteiger partial charge < -0.3 is 4.74 Å². The van der Waals surface area contributed by atoms with Crippen molar-refractivity contribution in [3.05, 3.63) is 27.7 Å². The zero-order valence-electron chi connectivity index (χ0n) is 9.55. The Bertz CT molecular complexity index is 540. The van der Waals surface area contributed by atoms with Crippen molar-refractivity contribution in [2.75, 3.05) is 7.11 Å². The Morgan fingerprint density at radius 1 is 1.53 bits per heavy atom. The van der Waals surface area contributed by atoms with Gasteiger partial charge in [-0.3, -0.25) is 4.79 Å². The van der Waals surface area contributed by atoms with Gasteiger partial charge in [-0.15, -0.1) is 0 Å².